The highest BCUT2D eigenvalue weighted by atomic mass is 16.6. The van der Waals surface area contributed by atoms with Gasteiger partial charge in [-0.15, -0.1) is 19.7 Å². The molecule has 0 heterocycles. The van der Waals surface area contributed by atoms with Gasteiger partial charge in [0.05, 0.1) is 0 Å². The molecule has 0 unspecified atom stereocenters. The molecule has 2 nitrogen and oxygen atoms in total. The SMILES string of the molecule is C=CCC(CC=C)(CC=C)B(OCC)OCC. The molecule has 0 aromatic carbocycles. The van der Waals surface area contributed by atoms with Crippen LogP contribution in [0.25, 0.3) is 0 Å². The first-order valence-electron chi connectivity index (χ1n) is 6.26. The van der Waals surface area contributed by atoms with Crippen LogP contribution >= 0.6 is 0 Å². The first-order valence-corrected chi connectivity index (χ1v) is 6.26. The lowest BCUT2D eigenvalue weighted by molar-refractivity contribution is 0.183. The van der Waals surface area contributed by atoms with E-state index in [0.29, 0.717) is 13.2 Å². The van der Waals surface area contributed by atoms with E-state index < -0.39 is 0 Å². The largest absolute Gasteiger partial charge is 0.464 e. The summed E-state index contributed by atoms with van der Waals surface area (Å²) in [6.07, 6.45) is 8.23. The molecular formula is C14H25BO2. The fourth-order valence-corrected chi connectivity index (χ4v) is 2.11. The van der Waals surface area contributed by atoms with Crippen molar-refractivity contribution in [3.63, 3.8) is 0 Å². The summed E-state index contributed by atoms with van der Waals surface area (Å²) in [6, 6.07) is 0. The second-order valence-electron chi connectivity index (χ2n) is 4.08. The Morgan fingerprint density at radius 1 is 0.882 bits per heavy atom. The van der Waals surface area contributed by atoms with Crippen LogP contribution in [-0.4, -0.2) is 20.3 Å². The third-order valence-corrected chi connectivity index (χ3v) is 2.79. The zero-order chi connectivity index (χ0) is 13.1. The molecule has 17 heavy (non-hydrogen) atoms. The lowest BCUT2D eigenvalue weighted by Crippen LogP contribution is -2.38. The van der Waals surface area contributed by atoms with Crippen molar-refractivity contribution in [3.8, 4) is 0 Å². The van der Waals surface area contributed by atoms with Crippen LogP contribution in [0.3, 0.4) is 0 Å². The van der Waals surface area contributed by atoms with Crippen molar-refractivity contribution in [3.05, 3.63) is 38.0 Å². The van der Waals surface area contributed by atoms with Crippen LogP contribution in [-0.2, 0) is 9.31 Å². The lowest BCUT2D eigenvalue weighted by atomic mass is 9.52. The maximum absolute atomic E-state index is 5.74. The van der Waals surface area contributed by atoms with E-state index in [1.807, 2.05) is 32.1 Å². The van der Waals surface area contributed by atoms with E-state index in [9.17, 15) is 0 Å². The summed E-state index contributed by atoms with van der Waals surface area (Å²) in [5.41, 5.74) is 0. The standard InChI is InChI=1S/C14H25BO2/c1-6-11-14(12-7-2,13-8-3)15(16-9-4)17-10-5/h6-8H,1-3,9-13H2,4-5H3. The van der Waals surface area contributed by atoms with Gasteiger partial charge in [0, 0.05) is 18.5 Å². The smallest absolute Gasteiger partial charge is 0.411 e. The van der Waals surface area contributed by atoms with Crippen molar-refractivity contribution in [2.45, 2.75) is 38.4 Å². The van der Waals surface area contributed by atoms with Crippen LogP contribution in [0.2, 0.25) is 5.31 Å². The highest BCUT2D eigenvalue weighted by Crippen LogP contribution is 2.44. The molecule has 0 fully saturated rings. The molecule has 0 rings (SSSR count). The van der Waals surface area contributed by atoms with Crippen molar-refractivity contribution in [2.24, 2.45) is 0 Å². The molecule has 0 saturated carbocycles. The molecule has 0 spiro atoms. The molecule has 0 bridgehead atoms. The van der Waals surface area contributed by atoms with E-state index in [-0.39, 0.29) is 12.4 Å². The monoisotopic (exact) mass is 236 g/mol. The van der Waals surface area contributed by atoms with E-state index >= 15 is 0 Å². The molecule has 0 atom stereocenters. The van der Waals surface area contributed by atoms with Gasteiger partial charge in [-0.3, -0.25) is 0 Å². The third-order valence-electron chi connectivity index (χ3n) is 2.79. The summed E-state index contributed by atoms with van der Waals surface area (Å²) in [5, 5.41) is -0.128. The van der Waals surface area contributed by atoms with Crippen LogP contribution in [0.5, 0.6) is 0 Å². The summed E-state index contributed by atoms with van der Waals surface area (Å²) in [4.78, 5) is 0. The zero-order valence-corrected chi connectivity index (χ0v) is 11.3. The molecule has 96 valence electrons. The quantitative estimate of drug-likeness (QED) is 0.398. The van der Waals surface area contributed by atoms with Crippen molar-refractivity contribution < 1.29 is 9.31 Å². The normalized spacial score (nSPS) is 10.9. The Labute approximate surface area is 107 Å². The van der Waals surface area contributed by atoms with Crippen molar-refractivity contribution in [2.75, 3.05) is 13.2 Å². The molecule has 0 aromatic heterocycles. The Kier molecular flexibility index (Phi) is 8.82. The van der Waals surface area contributed by atoms with Gasteiger partial charge >= 0.3 is 7.12 Å². The Balaban J connectivity index is 5.06. The number of allylic oxidation sites excluding steroid dienone is 3. The van der Waals surface area contributed by atoms with Crippen LogP contribution in [0.4, 0.5) is 0 Å². The topological polar surface area (TPSA) is 18.5 Å². The summed E-state index contributed by atoms with van der Waals surface area (Å²) in [7, 11) is -0.230. The van der Waals surface area contributed by atoms with Gasteiger partial charge in [0.15, 0.2) is 0 Å². The van der Waals surface area contributed by atoms with Crippen LogP contribution < -0.4 is 0 Å². The minimum atomic E-state index is -0.230. The summed E-state index contributed by atoms with van der Waals surface area (Å²) in [6.45, 7) is 16.7. The Hall–Kier alpha value is -0.795. The maximum Gasteiger partial charge on any atom is 0.464 e. The van der Waals surface area contributed by atoms with E-state index in [0.717, 1.165) is 19.3 Å². The summed E-state index contributed by atoms with van der Waals surface area (Å²) < 4.78 is 11.5. The fraction of sp³-hybridized carbons (Fsp3) is 0.571. The van der Waals surface area contributed by atoms with Gasteiger partial charge in [0.1, 0.15) is 0 Å². The second kappa shape index (κ2) is 9.26. The van der Waals surface area contributed by atoms with Crippen LogP contribution in [0, 0.1) is 0 Å². The molecule has 0 aliphatic carbocycles. The van der Waals surface area contributed by atoms with Gasteiger partial charge < -0.3 is 9.31 Å². The average Bonchev–Trinajstić information content (AvgIpc) is 2.29. The van der Waals surface area contributed by atoms with E-state index in [1.54, 1.807) is 0 Å². The maximum atomic E-state index is 5.74. The average molecular weight is 236 g/mol. The molecule has 0 radical (unpaired) electrons. The van der Waals surface area contributed by atoms with Gasteiger partial charge in [0.25, 0.3) is 0 Å². The highest BCUT2D eigenvalue weighted by molar-refractivity contribution is 6.48. The number of hydrogen-bond donors (Lipinski definition) is 0. The lowest BCUT2D eigenvalue weighted by Gasteiger charge is -2.34. The molecule has 0 amide bonds. The Morgan fingerprint density at radius 3 is 1.47 bits per heavy atom. The predicted octanol–water partition coefficient (Wildman–Crippen LogP) is 4.02. The molecule has 0 aliphatic rings. The molecular weight excluding hydrogens is 211 g/mol. The minimum Gasteiger partial charge on any atom is -0.411 e. The fourth-order valence-electron chi connectivity index (χ4n) is 2.11. The molecule has 0 N–H and O–H groups in total. The van der Waals surface area contributed by atoms with Crippen LogP contribution in [0.15, 0.2) is 38.0 Å². The van der Waals surface area contributed by atoms with Crippen molar-refractivity contribution >= 4 is 7.12 Å². The van der Waals surface area contributed by atoms with E-state index in [2.05, 4.69) is 19.7 Å². The molecule has 0 aromatic rings. The Bertz CT molecular complexity index is 206. The third kappa shape index (κ3) is 4.92. The second-order valence-corrected chi connectivity index (χ2v) is 4.08. The van der Waals surface area contributed by atoms with E-state index in [4.69, 9.17) is 9.31 Å². The predicted molar refractivity (Wildman–Crippen MR) is 76.1 cm³/mol. The Morgan fingerprint density at radius 2 is 1.24 bits per heavy atom. The summed E-state index contributed by atoms with van der Waals surface area (Å²) in [5.74, 6) is 0. The molecule has 0 aliphatic heterocycles. The van der Waals surface area contributed by atoms with Gasteiger partial charge in [-0.1, -0.05) is 18.2 Å². The van der Waals surface area contributed by atoms with Crippen molar-refractivity contribution in [1.29, 1.82) is 0 Å². The summed E-state index contributed by atoms with van der Waals surface area (Å²) >= 11 is 0. The first-order chi connectivity index (χ1) is 8.20. The zero-order valence-electron chi connectivity index (χ0n) is 11.3. The minimum absolute atomic E-state index is 0.128. The van der Waals surface area contributed by atoms with Gasteiger partial charge in [-0.2, -0.15) is 0 Å². The van der Waals surface area contributed by atoms with Crippen molar-refractivity contribution in [1.82, 2.24) is 0 Å². The first kappa shape index (κ1) is 16.2. The van der Waals surface area contributed by atoms with Gasteiger partial charge in [-0.25, -0.2) is 0 Å². The van der Waals surface area contributed by atoms with Crippen LogP contribution in [0.1, 0.15) is 33.1 Å². The van der Waals surface area contributed by atoms with Gasteiger partial charge in [0.2, 0.25) is 0 Å². The molecule has 3 heteroatoms. The number of rotatable bonds is 11. The van der Waals surface area contributed by atoms with E-state index in [1.165, 1.54) is 0 Å². The highest BCUT2D eigenvalue weighted by Gasteiger charge is 2.42. The number of hydrogen-bond acceptors (Lipinski definition) is 2. The molecule has 0 saturated heterocycles. The van der Waals surface area contributed by atoms with Gasteiger partial charge in [-0.05, 0) is 33.1 Å².